The zero-order valence-electron chi connectivity index (χ0n) is 16.3. The van der Waals surface area contributed by atoms with Crippen LogP contribution in [0.2, 0.25) is 0 Å². The molecule has 1 aromatic heterocycles. The summed E-state index contributed by atoms with van der Waals surface area (Å²) in [6.07, 6.45) is 3.72. The van der Waals surface area contributed by atoms with Crippen molar-refractivity contribution in [2.24, 2.45) is 0 Å². The molecule has 6 heteroatoms. The highest BCUT2D eigenvalue weighted by atomic mass is 16.7. The second-order valence-corrected chi connectivity index (χ2v) is 7.39. The predicted octanol–water partition coefficient (Wildman–Crippen LogP) is 4.47. The van der Waals surface area contributed by atoms with Gasteiger partial charge in [0.25, 0.3) is 0 Å². The summed E-state index contributed by atoms with van der Waals surface area (Å²) in [6, 6.07) is 18.4. The van der Waals surface area contributed by atoms with Gasteiger partial charge in [0.05, 0.1) is 5.69 Å². The second kappa shape index (κ2) is 7.99. The van der Waals surface area contributed by atoms with E-state index in [9.17, 15) is 0 Å². The van der Waals surface area contributed by atoms with Crippen LogP contribution in [0.5, 0.6) is 11.5 Å². The maximum atomic E-state index is 5.48. The molecule has 2 aromatic carbocycles. The highest BCUT2D eigenvalue weighted by Gasteiger charge is 2.16. The Balaban J connectivity index is 1.41. The molecule has 0 bridgehead atoms. The molecule has 0 amide bonds. The Morgan fingerprint density at radius 1 is 0.862 bits per heavy atom. The van der Waals surface area contributed by atoms with E-state index in [0.29, 0.717) is 12.5 Å². The third-order valence-corrected chi connectivity index (χ3v) is 5.35. The van der Waals surface area contributed by atoms with Gasteiger partial charge in [-0.1, -0.05) is 36.4 Å². The number of anilines is 2. The number of hydrogen-bond donors (Lipinski definition) is 1. The van der Waals surface area contributed by atoms with Gasteiger partial charge in [-0.05, 0) is 37.0 Å². The van der Waals surface area contributed by atoms with E-state index in [-0.39, 0.29) is 6.79 Å². The average Bonchev–Trinajstić information content (AvgIpc) is 3.27. The van der Waals surface area contributed by atoms with Gasteiger partial charge in [0.1, 0.15) is 5.82 Å². The molecular weight excluding hydrogens is 364 g/mol. The summed E-state index contributed by atoms with van der Waals surface area (Å²) in [5, 5.41) is 3.40. The summed E-state index contributed by atoms with van der Waals surface area (Å²) in [4.78, 5) is 12.0. The minimum Gasteiger partial charge on any atom is -0.454 e. The van der Waals surface area contributed by atoms with Crippen LogP contribution >= 0.6 is 0 Å². The zero-order valence-corrected chi connectivity index (χ0v) is 16.3. The molecule has 1 fully saturated rings. The van der Waals surface area contributed by atoms with Crippen molar-refractivity contribution in [2.75, 3.05) is 30.1 Å². The van der Waals surface area contributed by atoms with Crippen LogP contribution in [0, 0.1) is 0 Å². The topological polar surface area (TPSA) is 59.5 Å². The lowest BCUT2D eigenvalue weighted by Gasteiger charge is -2.28. The molecule has 3 aromatic rings. The van der Waals surface area contributed by atoms with Crippen molar-refractivity contribution in [3.8, 4) is 22.8 Å². The number of benzene rings is 2. The summed E-state index contributed by atoms with van der Waals surface area (Å²) >= 11 is 0. The first-order valence-electron chi connectivity index (χ1n) is 10.2. The normalized spacial score (nSPS) is 15.4. The maximum Gasteiger partial charge on any atom is 0.231 e. The summed E-state index contributed by atoms with van der Waals surface area (Å²) in [7, 11) is 0. The van der Waals surface area contributed by atoms with Gasteiger partial charge >= 0.3 is 0 Å². The van der Waals surface area contributed by atoms with Gasteiger partial charge in [-0.3, -0.25) is 0 Å². The highest BCUT2D eigenvalue weighted by Crippen LogP contribution is 2.32. The van der Waals surface area contributed by atoms with Crippen LogP contribution in [0.4, 0.5) is 11.8 Å². The molecule has 0 atom stereocenters. The van der Waals surface area contributed by atoms with Gasteiger partial charge in [0.15, 0.2) is 11.5 Å². The first-order chi connectivity index (χ1) is 14.3. The molecule has 0 unspecified atom stereocenters. The lowest BCUT2D eigenvalue weighted by molar-refractivity contribution is 0.174. The average molecular weight is 388 g/mol. The standard InChI is InChI=1S/C23H24N4O2/c1-3-7-18(8-4-1)19-14-22(27-11-5-2-6-12-27)26-23(25-19)24-15-17-9-10-20-21(13-17)29-16-28-20/h1,3-4,7-10,13-14H,2,5-6,11-12,15-16H2,(H,24,25,26). The molecule has 2 aliphatic heterocycles. The molecule has 29 heavy (non-hydrogen) atoms. The maximum absolute atomic E-state index is 5.48. The Labute approximate surface area is 170 Å². The van der Waals surface area contributed by atoms with Gasteiger partial charge in [-0.15, -0.1) is 0 Å². The van der Waals surface area contributed by atoms with Crippen LogP contribution in [0.3, 0.4) is 0 Å². The molecule has 0 spiro atoms. The van der Waals surface area contributed by atoms with E-state index in [1.54, 1.807) is 0 Å². The molecule has 1 saturated heterocycles. The van der Waals surface area contributed by atoms with E-state index in [1.807, 2.05) is 36.4 Å². The lowest BCUT2D eigenvalue weighted by Crippen LogP contribution is -2.30. The number of fused-ring (bicyclic) bond motifs is 1. The van der Waals surface area contributed by atoms with Crippen molar-refractivity contribution in [3.63, 3.8) is 0 Å². The van der Waals surface area contributed by atoms with Crippen molar-refractivity contribution < 1.29 is 9.47 Å². The third kappa shape index (κ3) is 3.97. The largest absolute Gasteiger partial charge is 0.454 e. The number of nitrogens with zero attached hydrogens (tertiary/aromatic N) is 3. The molecule has 6 nitrogen and oxygen atoms in total. The number of piperidine rings is 1. The van der Waals surface area contributed by atoms with Gasteiger partial charge in [0.2, 0.25) is 12.7 Å². The smallest absolute Gasteiger partial charge is 0.231 e. The monoisotopic (exact) mass is 388 g/mol. The number of aromatic nitrogens is 2. The number of rotatable bonds is 5. The fraction of sp³-hybridized carbons (Fsp3) is 0.304. The van der Waals surface area contributed by atoms with E-state index < -0.39 is 0 Å². The van der Waals surface area contributed by atoms with Crippen molar-refractivity contribution >= 4 is 11.8 Å². The van der Waals surface area contributed by atoms with Crippen LogP contribution in [0.15, 0.2) is 54.6 Å². The minimum absolute atomic E-state index is 0.285. The van der Waals surface area contributed by atoms with Crippen molar-refractivity contribution in [3.05, 3.63) is 60.2 Å². The van der Waals surface area contributed by atoms with Gasteiger partial charge in [0, 0.05) is 31.3 Å². The predicted molar refractivity (Wildman–Crippen MR) is 113 cm³/mol. The van der Waals surface area contributed by atoms with Crippen molar-refractivity contribution in [1.29, 1.82) is 0 Å². The molecule has 5 rings (SSSR count). The van der Waals surface area contributed by atoms with Crippen LogP contribution in [-0.4, -0.2) is 29.9 Å². The second-order valence-electron chi connectivity index (χ2n) is 7.39. The fourth-order valence-corrected chi connectivity index (χ4v) is 3.79. The van der Waals surface area contributed by atoms with Crippen LogP contribution in [-0.2, 0) is 6.54 Å². The first-order valence-corrected chi connectivity index (χ1v) is 10.2. The number of ether oxygens (including phenoxy) is 2. The Hall–Kier alpha value is -3.28. The third-order valence-electron chi connectivity index (χ3n) is 5.35. The number of nitrogens with one attached hydrogen (secondary N) is 1. The molecule has 0 radical (unpaired) electrons. The molecule has 1 N–H and O–H groups in total. The quantitative estimate of drug-likeness (QED) is 0.696. The van der Waals surface area contributed by atoms with Crippen molar-refractivity contribution in [2.45, 2.75) is 25.8 Å². The Morgan fingerprint density at radius 2 is 1.69 bits per heavy atom. The van der Waals surface area contributed by atoms with Gasteiger partial charge < -0.3 is 19.7 Å². The summed E-state index contributed by atoms with van der Waals surface area (Å²) < 4.78 is 10.9. The summed E-state index contributed by atoms with van der Waals surface area (Å²) in [5.74, 6) is 3.22. The molecule has 148 valence electrons. The van der Waals surface area contributed by atoms with Gasteiger partial charge in [-0.2, -0.15) is 4.98 Å². The Kier molecular flexibility index (Phi) is 4.90. The Morgan fingerprint density at radius 3 is 2.55 bits per heavy atom. The van der Waals surface area contributed by atoms with Crippen LogP contribution in [0.25, 0.3) is 11.3 Å². The van der Waals surface area contributed by atoms with E-state index in [1.165, 1.54) is 19.3 Å². The molecule has 0 saturated carbocycles. The van der Waals surface area contributed by atoms with Crippen LogP contribution in [0.1, 0.15) is 24.8 Å². The minimum atomic E-state index is 0.285. The molecule has 3 heterocycles. The van der Waals surface area contributed by atoms with E-state index >= 15 is 0 Å². The van der Waals surface area contributed by atoms with Crippen LogP contribution < -0.4 is 19.7 Å². The van der Waals surface area contributed by atoms with E-state index in [2.05, 4.69) is 28.4 Å². The van der Waals surface area contributed by atoms with Gasteiger partial charge in [-0.25, -0.2) is 4.98 Å². The molecular formula is C23H24N4O2. The Bertz CT molecular complexity index is 987. The fourth-order valence-electron chi connectivity index (χ4n) is 3.79. The van der Waals surface area contributed by atoms with E-state index in [4.69, 9.17) is 19.4 Å². The zero-order chi connectivity index (χ0) is 19.5. The van der Waals surface area contributed by atoms with E-state index in [0.717, 1.165) is 47.2 Å². The summed E-state index contributed by atoms with van der Waals surface area (Å²) in [6.45, 7) is 3.00. The highest BCUT2D eigenvalue weighted by molar-refractivity contribution is 5.65. The molecule has 0 aliphatic carbocycles. The number of hydrogen-bond acceptors (Lipinski definition) is 6. The SMILES string of the molecule is c1ccc(-c2cc(N3CCCCC3)nc(NCc3ccc4c(c3)OCO4)n2)cc1. The summed E-state index contributed by atoms with van der Waals surface area (Å²) in [5.41, 5.74) is 3.14. The first kappa shape index (κ1) is 17.8. The lowest BCUT2D eigenvalue weighted by atomic mass is 10.1. The molecule has 2 aliphatic rings. The van der Waals surface area contributed by atoms with Crippen molar-refractivity contribution in [1.82, 2.24) is 9.97 Å².